The number of hydrogen-bond acceptors (Lipinski definition) is 4. The number of hydrogen-bond donors (Lipinski definition) is 0. The summed E-state index contributed by atoms with van der Waals surface area (Å²) in [6.07, 6.45) is 0.898. The van der Waals surface area contributed by atoms with Crippen LogP contribution in [0, 0.1) is 0 Å². The highest BCUT2D eigenvalue weighted by molar-refractivity contribution is 6.74. The van der Waals surface area contributed by atoms with Crippen LogP contribution in [0.2, 0.25) is 18.1 Å². The number of ether oxygens (including phenoxy) is 3. The van der Waals surface area contributed by atoms with Gasteiger partial charge in [-0.05, 0) is 34.8 Å². The minimum atomic E-state index is -2.00. The first kappa shape index (κ1) is 26.3. The molecular weight excluding hydrogens is 476 g/mol. The van der Waals surface area contributed by atoms with Crippen LogP contribution in [0.1, 0.15) is 43.9 Å². The summed E-state index contributed by atoms with van der Waals surface area (Å²) in [4.78, 5) is 0. The Hall–Kier alpha value is -2.28. The second-order valence-corrected chi connectivity index (χ2v) is 16.6. The van der Waals surface area contributed by atoms with Crippen molar-refractivity contribution in [2.45, 2.75) is 75.3 Å². The molecule has 0 aromatic heterocycles. The van der Waals surface area contributed by atoms with Crippen LogP contribution in [0.15, 0.2) is 91.0 Å². The molecule has 0 aliphatic carbocycles. The monoisotopic (exact) mass is 516 g/mol. The van der Waals surface area contributed by atoms with Gasteiger partial charge in [-0.15, -0.1) is 0 Å². The van der Waals surface area contributed by atoms with Crippen LogP contribution in [0.4, 0.5) is 0 Å². The number of benzene rings is 3. The van der Waals surface area contributed by atoms with E-state index in [1.807, 2.05) is 18.2 Å². The van der Waals surface area contributed by atoms with Crippen molar-refractivity contribution in [3.63, 3.8) is 0 Å². The molecule has 0 saturated carbocycles. The molecular formula is C32H40O4Si. The Balaban J connectivity index is 1.51. The van der Waals surface area contributed by atoms with E-state index >= 15 is 0 Å². The van der Waals surface area contributed by atoms with Crippen molar-refractivity contribution in [2.24, 2.45) is 0 Å². The topological polar surface area (TPSA) is 40.2 Å². The average Bonchev–Trinajstić information content (AvgIpc) is 3.67. The molecule has 4 nitrogen and oxygen atoms in total. The third-order valence-corrected chi connectivity index (χ3v) is 12.8. The van der Waals surface area contributed by atoms with E-state index in [0.29, 0.717) is 6.61 Å². The van der Waals surface area contributed by atoms with Crippen LogP contribution in [-0.4, -0.2) is 45.9 Å². The molecule has 2 saturated heterocycles. The summed E-state index contributed by atoms with van der Waals surface area (Å²) in [6.45, 7) is 12.7. The van der Waals surface area contributed by atoms with Gasteiger partial charge in [0.1, 0.15) is 17.8 Å². The minimum absolute atomic E-state index is 0.0184. The van der Waals surface area contributed by atoms with E-state index in [2.05, 4.69) is 107 Å². The van der Waals surface area contributed by atoms with E-state index in [9.17, 15) is 0 Å². The maximum absolute atomic E-state index is 7.12. The first-order valence-electron chi connectivity index (χ1n) is 13.5. The summed E-state index contributed by atoms with van der Waals surface area (Å²) in [5.41, 5.74) is 2.50. The Bertz CT molecular complexity index is 1040. The summed E-state index contributed by atoms with van der Waals surface area (Å²) in [5.74, 6) is 0. The molecule has 3 aromatic rings. The van der Waals surface area contributed by atoms with Crippen molar-refractivity contribution >= 4 is 8.32 Å². The van der Waals surface area contributed by atoms with Crippen LogP contribution in [-0.2, 0) is 24.2 Å². The van der Waals surface area contributed by atoms with E-state index in [1.165, 1.54) is 0 Å². The molecule has 2 heterocycles. The first-order chi connectivity index (χ1) is 17.7. The summed E-state index contributed by atoms with van der Waals surface area (Å²) < 4.78 is 26.3. The lowest BCUT2D eigenvalue weighted by Gasteiger charge is -2.40. The fourth-order valence-electron chi connectivity index (χ4n) is 5.06. The van der Waals surface area contributed by atoms with E-state index in [0.717, 1.165) is 29.7 Å². The predicted octanol–water partition coefficient (Wildman–Crippen LogP) is 6.94. The van der Waals surface area contributed by atoms with Crippen molar-refractivity contribution in [3.05, 3.63) is 108 Å². The van der Waals surface area contributed by atoms with Crippen molar-refractivity contribution in [1.82, 2.24) is 0 Å². The molecule has 0 unspecified atom stereocenters. The van der Waals surface area contributed by atoms with Crippen molar-refractivity contribution in [2.75, 3.05) is 13.2 Å². The fraction of sp³-hybridized carbons (Fsp3) is 0.438. The molecule has 0 N–H and O–H groups in total. The van der Waals surface area contributed by atoms with Gasteiger partial charge in [-0.25, -0.2) is 0 Å². The zero-order valence-corrected chi connectivity index (χ0v) is 23.7. The summed E-state index contributed by atoms with van der Waals surface area (Å²) in [7, 11) is -2.00. The van der Waals surface area contributed by atoms with Gasteiger partial charge in [0.25, 0.3) is 0 Å². The zero-order valence-electron chi connectivity index (χ0n) is 22.7. The van der Waals surface area contributed by atoms with Crippen LogP contribution in [0.3, 0.4) is 0 Å². The zero-order chi connectivity index (χ0) is 26.1. The highest BCUT2D eigenvalue weighted by Crippen LogP contribution is 2.44. The fourth-order valence-corrected chi connectivity index (χ4v) is 6.42. The standard InChI is InChI=1S/C32H40O4Si/c1-31(2,3)37(4,5)36-28-21-27(29-22-33-29)35-30(28)23-34-32(24-15-9-6-10-16-24,25-17-11-7-12-18-25)26-19-13-8-14-20-26/h6-20,27-30H,21-23H2,1-5H3/t27-,28+,29+,30+/m1/s1. The SMILES string of the molecule is CC(C)(C)[Si](C)(C)O[C@H]1C[C@H]([C@@H]2CO2)O[C@H]1COC(c1ccccc1)(c1ccccc1)c1ccccc1. The molecule has 0 amide bonds. The molecule has 5 heteroatoms. The van der Waals surface area contributed by atoms with Crippen LogP contribution >= 0.6 is 0 Å². The van der Waals surface area contributed by atoms with Gasteiger partial charge in [-0.2, -0.15) is 0 Å². The first-order valence-corrected chi connectivity index (χ1v) is 16.4. The average molecular weight is 517 g/mol. The van der Waals surface area contributed by atoms with E-state index in [1.54, 1.807) is 0 Å². The molecule has 2 fully saturated rings. The Kier molecular flexibility index (Phi) is 7.45. The van der Waals surface area contributed by atoms with Crippen LogP contribution in [0.25, 0.3) is 0 Å². The van der Waals surface area contributed by atoms with Gasteiger partial charge >= 0.3 is 0 Å². The second-order valence-electron chi connectivity index (χ2n) is 11.8. The summed E-state index contributed by atoms with van der Waals surface area (Å²) in [6, 6.07) is 31.5. The highest BCUT2D eigenvalue weighted by atomic mass is 28.4. The van der Waals surface area contributed by atoms with Gasteiger partial charge in [0.15, 0.2) is 8.32 Å². The molecule has 5 rings (SSSR count). The van der Waals surface area contributed by atoms with E-state index < -0.39 is 13.9 Å². The maximum Gasteiger partial charge on any atom is 0.192 e. The Labute approximate surface area is 223 Å². The van der Waals surface area contributed by atoms with Gasteiger partial charge in [-0.3, -0.25) is 0 Å². The molecule has 196 valence electrons. The lowest BCUT2D eigenvalue weighted by Crippen LogP contribution is -2.47. The molecule has 2 aliphatic rings. The van der Waals surface area contributed by atoms with E-state index in [-0.39, 0.29) is 29.5 Å². The lowest BCUT2D eigenvalue weighted by molar-refractivity contribution is -0.0830. The molecule has 2 aliphatic heterocycles. The predicted molar refractivity (Wildman–Crippen MR) is 150 cm³/mol. The second kappa shape index (κ2) is 10.5. The van der Waals surface area contributed by atoms with Crippen molar-refractivity contribution < 1.29 is 18.6 Å². The molecule has 0 bridgehead atoms. The Morgan fingerprint density at radius 3 is 1.62 bits per heavy atom. The smallest absolute Gasteiger partial charge is 0.192 e. The van der Waals surface area contributed by atoms with Gasteiger partial charge in [0.2, 0.25) is 0 Å². The van der Waals surface area contributed by atoms with Gasteiger partial charge in [0.05, 0.1) is 25.4 Å². The molecule has 3 aromatic carbocycles. The van der Waals surface area contributed by atoms with Crippen molar-refractivity contribution in [1.29, 1.82) is 0 Å². The summed E-state index contributed by atoms with van der Waals surface area (Å²) in [5, 5.41) is 0.119. The van der Waals surface area contributed by atoms with Gasteiger partial charge in [-0.1, -0.05) is 112 Å². The molecule has 0 spiro atoms. The van der Waals surface area contributed by atoms with E-state index in [4.69, 9.17) is 18.6 Å². The number of epoxide rings is 1. The Morgan fingerprint density at radius 2 is 1.22 bits per heavy atom. The Morgan fingerprint density at radius 1 is 0.757 bits per heavy atom. The third-order valence-electron chi connectivity index (χ3n) is 8.26. The van der Waals surface area contributed by atoms with Crippen molar-refractivity contribution in [3.8, 4) is 0 Å². The molecule has 0 radical (unpaired) electrons. The highest BCUT2D eigenvalue weighted by Gasteiger charge is 2.49. The molecule has 4 atom stereocenters. The quantitative estimate of drug-likeness (QED) is 0.175. The lowest BCUT2D eigenvalue weighted by atomic mass is 9.80. The van der Waals surface area contributed by atoms with Crippen LogP contribution in [0.5, 0.6) is 0 Å². The summed E-state index contributed by atoms with van der Waals surface area (Å²) >= 11 is 0. The largest absolute Gasteiger partial charge is 0.411 e. The van der Waals surface area contributed by atoms with Gasteiger partial charge in [0, 0.05) is 6.42 Å². The normalized spacial score (nSPS) is 24.2. The number of rotatable bonds is 9. The molecule has 37 heavy (non-hydrogen) atoms. The minimum Gasteiger partial charge on any atom is -0.411 e. The van der Waals surface area contributed by atoms with Crippen LogP contribution < -0.4 is 0 Å². The maximum atomic E-state index is 7.12. The van der Waals surface area contributed by atoms with Gasteiger partial charge < -0.3 is 18.6 Å². The third kappa shape index (κ3) is 5.47.